The summed E-state index contributed by atoms with van der Waals surface area (Å²) in [6, 6.07) is 7.48. The van der Waals surface area contributed by atoms with Gasteiger partial charge in [-0.05, 0) is 42.9 Å². The van der Waals surface area contributed by atoms with Gasteiger partial charge in [-0.25, -0.2) is 0 Å². The summed E-state index contributed by atoms with van der Waals surface area (Å²) >= 11 is 0. The highest BCUT2D eigenvalue weighted by molar-refractivity contribution is 5.97. The number of fused-ring (bicyclic) bond motifs is 4. The summed E-state index contributed by atoms with van der Waals surface area (Å²) in [4.78, 5) is 29.8. The molecule has 1 aromatic carbocycles. The van der Waals surface area contributed by atoms with Gasteiger partial charge in [0.15, 0.2) is 0 Å². The van der Waals surface area contributed by atoms with E-state index in [1.807, 2.05) is 29.2 Å². The average Bonchev–Trinajstić information content (AvgIpc) is 2.94. The second-order valence-electron chi connectivity index (χ2n) is 8.63. The van der Waals surface area contributed by atoms with E-state index in [0.29, 0.717) is 11.6 Å². The van der Waals surface area contributed by atoms with Crippen molar-refractivity contribution in [1.82, 2.24) is 15.1 Å². The van der Waals surface area contributed by atoms with Gasteiger partial charge >= 0.3 is 0 Å². The number of hydrogen-bond donors (Lipinski definition) is 1. The molecule has 0 unspecified atom stereocenters. The molecule has 0 aromatic heterocycles. The molecule has 26 heavy (non-hydrogen) atoms. The van der Waals surface area contributed by atoms with Gasteiger partial charge in [0.1, 0.15) is 6.04 Å². The van der Waals surface area contributed by atoms with Crippen molar-refractivity contribution in [1.29, 1.82) is 0 Å². The fourth-order valence-electron chi connectivity index (χ4n) is 3.89. The van der Waals surface area contributed by atoms with E-state index in [1.54, 1.807) is 6.92 Å². The topological polar surface area (TPSA) is 52.7 Å². The van der Waals surface area contributed by atoms with Crippen LogP contribution in [0.1, 0.15) is 56.5 Å². The van der Waals surface area contributed by atoms with Gasteiger partial charge in [0, 0.05) is 37.8 Å². The van der Waals surface area contributed by atoms with E-state index in [0.717, 1.165) is 39.0 Å². The number of piperidine rings is 1. The van der Waals surface area contributed by atoms with E-state index in [9.17, 15) is 9.59 Å². The van der Waals surface area contributed by atoms with E-state index in [4.69, 9.17) is 0 Å². The molecule has 0 radical (unpaired) electrons. The van der Waals surface area contributed by atoms with Crippen LogP contribution in [0.3, 0.4) is 0 Å². The van der Waals surface area contributed by atoms with Crippen LogP contribution in [0.4, 0.5) is 0 Å². The smallest absolute Gasteiger partial charge is 0.251 e. The quantitative estimate of drug-likeness (QED) is 0.904. The molecule has 142 valence electrons. The average molecular weight is 357 g/mol. The van der Waals surface area contributed by atoms with Crippen LogP contribution in [0.5, 0.6) is 0 Å². The van der Waals surface area contributed by atoms with Crippen LogP contribution < -0.4 is 5.32 Å². The van der Waals surface area contributed by atoms with Gasteiger partial charge in [-0.15, -0.1) is 0 Å². The number of hydrogen-bond acceptors (Lipinski definition) is 3. The molecule has 3 heterocycles. The van der Waals surface area contributed by atoms with Crippen LogP contribution in [-0.4, -0.2) is 59.9 Å². The molecule has 2 amide bonds. The first-order chi connectivity index (χ1) is 12.3. The number of carbonyl (C=O) groups excluding carboxylic acids is 2. The maximum atomic E-state index is 12.9. The van der Waals surface area contributed by atoms with Crippen molar-refractivity contribution < 1.29 is 9.59 Å². The van der Waals surface area contributed by atoms with Crippen LogP contribution in [-0.2, 0) is 10.2 Å². The van der Waals surface area contributed by atoms with Gasteiger partial charge in [0.05, 0.1) is 0 Å². The molecule has 0 saturated carbocycles. The second kappa shape index (κ2) is 7.39. The minimum absolute atomic E-state index is 0.0402. The molecule has 5 heteroatoms. The first-order valence-electron chi connectivity index (χ1n) is 9.70. The van der Waals surface area contributed by atoms with Crippen LogP contribution in [0, 0.1) is 0 Å². The lowest BCUT2D eigenvalue weighted by molar-refractivity contribution is -0.134. The SMILES string of the molecule is C[C@H](NC(=O)c1ccc(C(C)(C)C)cc1)C(=O)N1CCN2CCC1CC2. The van der Waals surface area contributed by atoms with Crippen molar-refractivity contribution in [3.05, 3.63) is 35.4 Å². The van der Waals surface area contributed by atoms with E-state index in [-0.39, 0.29) is 17.2 Å². The van der Waals surface area contributed by atoms with Crippen molar-refractivity contribution in [2.75, 3.05) is 26.2 Å². The predicted octanol–water partition coefficient (Wildman–Crippen LogP) is 2.41. The van der Waals surface area contributed by atoms with Crippen molar-refractivity contribution >= 4 is 11.8 Å². The van der Waals surface area contributed by atoms with Gasteiger partial charge in [-0.1, -0.05) is 32.9 Å². The lowest BCUT2D eigenvalue weighted by atomic mass is 9.86. The standard InChI is InChI=1S/C21H31N3O2/c1-15(20(26)24-14-13-23-11-9-18(24)10-12-23)22-19(25)16-5-7-17(8-6-16)21(2,3)4/h5-8,15,18H,9-14H2,1-4H3,(H,22,25)/t15-/m0/s1. The molecule has 3 fully saturated rings. The number of carbonyl (C=O) groups is 2. The minimum atomic E-state index is -0.503. The van der Waals surface area contributed by atoms with Crippen molar-refractivity contribution in [3.8, 4) is 0 Å². The summed E-state index contributed by atoms with van der Waals surface area (Å²) in [5, 5.41) is 2.89. The molecule has 3 saturated heterocycles. The Kier molecular flexibility index (Phi) is 5.37. The molecule has 5 nitrogen and oxygen atoms in total. The van der Waals surface area contributed by atoms with Crippen LogP contribution in [0.15, 0.2) is 24.3 Å². The highest BCUT2D eigenvalue weighted by Crippen LogP contribution is 2.23. The van der Waals surface area contributed by atoms with Crippen LogP contribution in [0.25, 0.3) is 0 Å². The molecule has 1 aromatic rings. The maximum absolute atomic E-state index is 12.9. The molecule has 4 rings (SSSR count). The third-order valence-corrected chi connectivity index (χ3v) is 5.67. The number of rotatable bonds is 3. The Bertz CT molecular complexity index is 655. The Balaban J connectivity index is 1.62. The van der Waals surface area contributed by atoms with Gasteiger partial charge in [0.25, 0.3) is 5.91 Å². The number of nitrogens with one attached hydrogen (secondary N) is 1. The van der Waals surface area contributed by atoms with Crippen molar-refractivity contribution in [2.45, 2.75) is 58.0 Å². The number of benzene rings is 1. The second-order valence-corrected chi connectivity index (χ2v) is 8.63. The molecule has 1 atom stereocenters. The van der Waals surface area contributed by atoms with Gasteiger partial charge in [0.2, 0.25) is 5.91 Å². The first kappa shape index (κ1) is 18.9. The Morgan fingerprint density at radius 1 is 1.04 bits per heavy atom. The third kappa shape index (κ3) is 4.09. The van der Waals surface area contributed by atoms with E-state index in [1.165, 1.54) is 5.56 Å². The fourth-order valence-corrected chi connectivity index (χ4v) is 3.89. The molecule has 3 aliphatic heterocycles. The van der Waals surface area contributed by atoms with E-state index >= 15 is 0 Å². The summed E-state index contributed by atoms with van der Waals surface area (Å²) in [6.07, 6.45) is 2.08. The molecular formula is C21H31N3O2. The minimum Gasteiger partial charge on any atom is -0.341 e. The van der Waals surface area contributed by atoms with Crippen LogP contribution >= 0.6 is 0 Å². The molecule has 1 N–H and O–H groups in total. The monoisotopic (exact) mass is 357 g/mol. The molecule has 0 aliphatic carbocycles. The highest BCUT2D eigenvalue weighted by Gasteiger charge is 2.34. The normalized spacial score (nSPS) is 24.1. The predicted molar refractivity (Wildman–Crippen MR) is 103 cm³/mol. The van der Waals surface area contributed by atoms with Crippen molar-refractivity contribution in [2.24, 2.45) is 0 Å². The molecule has 2 bridgehead atoms. The zero-order valence-electron chi connectivity index (χ0n) is 16.4. The van der Waals surface area contributed by atoms with E-state index in [2.05, 4.69) is 31.0 Å². The zero-order valence-corrected chi connectivity index (χ0v) is 16.4. The lowest BCUT2D eigenvalue weighted by Crippen LogP contribution is -2.51. The Morgan fingerprint density at radius 2 is 1.65 bits per heavy atom. The fraction of sp³-hybridized carbons (Fsp3) is 0.619. The lowest BCUT2D eigenvalue weighted by Gasteiger charge is -2.33. The van der Waals surface area contributed by atoms with Crippen LogP contribution in [0.2, 0.25) is 0 Å². The van der Waals surface area contributed by atoms with E-state index < -0.39 is 6.04 Å². The zero-order chi connectivity index (χ0) is 18.9. The highest BCUT2D eigenvalue weighted by atomic mass is 16.2. The molecule has 3 aliphatic rings. The molecule has 0 spiro atoms. The number of nitrogens with zero attached hydrogens (tertiary/aromatic N) is 2. The first-order valence-corrected chi connectivity index (χ1v) is 9.70. The summed E-state index contributed by atoms with van der Waals surface area (Å²) in [5.74, 6) is -0.146. The van der Waals surface area contributed by atoms with Gasteiger partial charge < -0.3 is 15.1 Å². The van der Waals surface area contributed by atoms with Gasteiger partial charge in [-0.3, -0.25) is 9.59 Å². The summed E-state index contributed by atoms with van der Waals surface area (Å²) in [7, 11) is 0. The summed E-state index contributed by atoms with van der Waals surface area (Å²) in [6.45, 7) is 12.1. The molecular weight excluding hydrogens is 326 g/mol. The third-order valence-electron chi connectivity index (χ3n) is 5.67. The number of amides is 2. The summed E-state index contributed by atoms with van der Waals surface area (Å²) < 4.78 is 0. The van der Waals surface area contributed by atoms with Crippen molar-refractivity contribution in [3.63, 3.8) is 0 Å². The Morgan fingerprint density at radius 3 is 2.23 bits per heavy atom. The maximum Gasteiger partial charge on any atom is 0.251 e. The largest absolute Gasteiger partial charge is 0.341 e. The Hall–Kier alpha value is -1.88. The van der Waals surface area contributed by atoms with Gasteiger partial charge in [-0.2, -0.15) is 0 Å². The Labute approximate surface area is 156 Å². The summed E-state index contributed by atoms with van der Waals surface area (Å²) in [5.41, 5.74) is 1.84.